The molecule has 146 valence electrons. The van der Waals surface area contributed by atoms with Gasteiger partial charge >= 0.3 is 12.0 Å². The summed E-state index contributed by atoms with van der Waals surface area (Å²) in [5, 5.41) is 4.88. The number of nitrogens with zero attached hydrogens (tertiary/aromatic N) is 4. The third-order valence-electron chi connectivity index (χ3n) is 3.72. The van der Waals surface area contributed by atoms with Crippen molar-refractivity contribution in [3.63, 3.8) is 0 Å². The van der Waals surface area contributed by atoms with Crippen LogP contribution in [0.4, 0.5) is 0 Å². The Hall–Kier alpha value is -3.29. The molecular formula is C20H22N4O4. The highest BCUT2D eigenvalue weighted by atomic mass is 16.6. The van der Waals surface area contributed by atoms with Crippen molar-refractivity contribution in [3.05, 3.63) is 41.9 Å². The lowest BCUT2D eigenvalue weighted by Crippen LogP contribution is -2.26. The SMILES string of the molecule is CC(=O)c1nn(CC(=O)OC(C)(C)C)c2ccc(Oc3ncc(C)cn3)cc12. The topological polar surface area (TPSA) is 96.2 Å². The van der Waals surface area contributed by atoms with E-state index in [4.69, 9.17) is 9.47 Å². The van der Waals surface area contributed by atoms with Crippen LogP contribution in [0.25, 0.3) is 10.9 Å². The molecule has 0 bridgehead atoms. The lowest BCUT2D eigenvalue weighted by Gasteiger charge is -2.19. The number of Topliss-reactive ketones (excluding diaryl/α,β-unsaturated/α-hetero) is 1. The minimum atomic E-state index is -0.599. The second-order valence-electron chi connectivity index (χ2n) is 7.47. The molecule has 0 amide bonds. The van der Waals surface area contributed by atoms with E-state index in [0.717, 1.165) is 5.56 Å². The smallest absolute Gasteiger partial charge is 0.328 e. The summed E-state index contributed by atoms with van der Waals surface area (Å²) in [6, 6.07) is 5.34. The van der Waals surface area contributed by atoms with Crippen molar-refractivity contribution in [1.29, 1.82) is 0 Å². The highest BCUT2D eigenvalue weighted by Gasteiger charge is 2.20. The van der Waals surface area contributed by atoms with Crippen molar-refractivity contribution in [2.24, 2.45) is 0 Å². The first-order valence-electron chi connectivity index (χ1n) is 8.82. The van der Waals surface area contributed by atoms with Crippen LogP contribution in [-0.2, 0) is 16.1 Å². The van der Waals surface area contributed by atoms with Crippen LogP contribution >= 0.6 is 0 Å². The van der Waals surface area contributed by atoms with Gasteiger partial charge in [0.25, 0.3) is 0 Å². The molecule has 0 fully saturated rings. The summed E-state index contributed by atoms with van der Waals surface area (Å²) >= 11 is 0. The molecular weight excluding hydrogens is 360 g/mol. The standard InChI is InChI=1S/C20H22N4O4/c1-12-9-21-19(22-10-12)27-14-6-7-16-15(8-14)18(13(2)25)23-24(16)11-17(26)28-20(3,4)5/h6-10H,11H2,1-5H3. The first-order chi connectivity index (χ1) is 13.1. The molecule has 0 spiro atoms. The Bertz CT molecular complexity index is 1030. The highest BCUT2D eigenvalue weighted by Crippen LogP contribution is 2.27. The van der Waals surface area contributed by atoms with Gasteiger partial charge in [0, 0.05) is 24.7 Å². The Morgan fingerprint density at radius 2 is 1.82 bits per heavy atom. The Morgan fingerprint density at radius 1 is 1.14 bits per heavy atom. The number of fused-ring (bicyclic) bond motifs is 1. The fourth-order valence-corrected chi connectivity index (χ4v) is 2.64. The van der Waals surface area contributed by atoms with Gasteiger partial charge in [-0.1, -0.05) is 0 Å². The number of rotatable bonds is 5. The second-order valence-corrected chi connectivity index (χ2v) is 7.47. The van der Waals surface area contributed by atoms with Crippen molar-refractivity contribution in [1.82, 2.24) is 19.7 Å². The molecule has 0 aliphatic heterocycles. The Kier molecular flexibility index (Phi) is 5.13. The van der Waals surface area contributed by atoms with Gasteiger partial charge in [0.2, 0.25) is 0 Å². The Morgan fingerprint density at radius 3 is 2.43 bits per heavy atom. The van der Waals surface area contributed by atoms with E-state index in [1.807, 2.05) is 6.92 Å². The Labute approximate surface area is 162 Å². The van der Waals surface area contributed by atoms with E-state index in [9.17, 15) is 9.59 Å². The zero-order chi connectivity index (χ0) is 20.5. The van der Waals surface area contributed by atoms with Crippen molar-refractivity contribution in [3.8, 4) is 11.8 Å². The third-order valence-corrected chi connectivity index (χ3v) is 3.72. The van der Waals surface area contributed by atoms with Crippen LogP contribution in [-0.4, -0.2) is 37.1 Å². The predicted molar refractivity (Wildman–Crippen MR) is 102 cm³/mol. The van der Waals surface area contributed by atoms with Gasteiger partial charge in [0.15, 0.2) is 5.78 Å². The third kappa shape index (κ3) is 4.51. The predicted octanol–water partition coefficient (Wildman–Crippen LogP) is 3.47. The number of ketones is 1. The quantitative estimate of drug-likeness (QED) is 0.492. The number of hydrogen-bond donors (Lipinski definition) is 0. The largest absolute Gasteiger partial charge is 0.459 e. The molecule has 0 aliphatic rings. The lowest BCUT2D eigenvalue weighted by molar-refractivity contribution is -0.155. The molecule has 0 atom stereocenters. The van der Waals surface area contributed by atoms with Crippen LogP contribution in [0, 0.1) is 6.92 Å². The molecule has 3 aromatic rings. The molecule has 0 saturated carbocycles. The van der Waals surface area contributed by atoms with Gasteiger partial charge in [-0.2, -0.15) is 5.10 Å². The fourth-order valence-electron chi connectivity index (χ4n) is 2.64. The minimum absolute atomic E-state index is 0.0949. The zero-order valence-electron chi connectivity index (χ0n) is 16.5. The molecule has 0 saturated heterocycles. The molecule has 2 aromatic heterocycles. The van der Waals surface area contributed by atoms with Gasteiger partial charge < -0.3 is 9.47 Å². The van der Waals surface area contributed by atoms with E-state index in [0.29, 0.717) is 16.7 Å². The van der Waals surface area contributed by atoms with E-state index >= 15 is 0 Å². The number of carbonyl (C=O) groups excluding carboxylic acids is 2. The summed E-state index contributed by atoms with van der Waals surface area (Å²) in [4.78, 5) is 32.4. The van der Waals surface area contributed by atoms with E-state index in [1.165, 1.54) is 11.6 Å². The molecule has 8 heteroatoms. The van der Waals surface area contributed by atoms with Gasteiger partial charge in [-0.15, -0.1) is 0 Å². The molecule has 2 heterocycles. The summed E-state index contributed by atoms with van der Waals surface area (Å²) in [5.41, 5.74) is 1.21. The van der Waals surface area contributed by atoms with Gasteiger partial charge in [0.05, 0.1) is 5.52 Å². The van der Waals surface area contributed by atoms with E-state index in [1.54, 1.807) is 51.4 Å². The van der Waals surface area contributed by atoms with Crippen LogP contribution in [0.2, 0.25) is 0 Å². The van der Waals surface area contributed by atoms with Crippen molar-refractivity contribution < 1.29 is 19.1 Å². The summed E-state index contributed by atoms with van der Waals surface area (Å²) < 4.78 is 12.5. The maximum atomic E-state index is 12.2. The summed E-state index contributed by atoms with van der Waals surface area (Å²) in [7, 11) is 0. The average molecular weight is 382 g/mol. The van der Waals surface area contributed by atoms with Crippen molar-refractivity contribution in [2.75, 3.05) is 0 Å². The molecule has 0 unspecified atom stereocenters. The summed E-state index contributed by atoms with van der Waals surface area (Å²) in [6.07, 6.45) is 3.31. The monoisotopic (exact) mass is 382 g/mol. The van der Waals surface area contributed by atoms with E-state index in [2.05, 4.69) is 15.1 Å². The number of aromatic nitrogens is 4. The Balaban J connectivity index is 1.93. The first-order valence-corrected chi connectivity index (χ1v) is 8.82. The van der Waals surface area contributed by atoms with E-state index < -0.39 is 11.6 Å². The lowest BCUT2D eigenvalue weighted by atomic mass is 10.1. The van der Waals surface area contributed by atoms with Crippen LogP contribution < -0.4 is 4.74 Å². The highest BCUT2D eigenvalue weighted by molar-refractivity contribution is 6.05. The molecule has 1 aromatic carbocycles. The number of benzene rings is 1. The molecule has 3 rings (SSSR count). The molecule has 8 nitrogen and oxygen atoms in total. The van der Waals surface area contributed by atoms with Crippen LogP contribution in [0.3, 0.4) is 0 Å². The normalized spacial score (nSPS) is 11.5. The summed E-state index contributed by atoms with van der Waals surface area (Å²) in [6.45, 7) is 8.60. The molecule has 0 radical (unpaired) electrons. The first kappa shape index (κ1) is 19.5. The van der Waals surface area contributed by atoms with Gasteiger partial charge in [-0.3, -0.25) is 14.3 Å². The summed E-state index contributed by atoms with van der Waals surface area (Å²) in [5.74, 6) is -0.173. The van der Waals surface area contributed by atoms with Gasteiger partial charge in [0.1, 0.15) is 23.6 Å². The average Bonchev–Trinajstić information content (AvgIpc) is 2.93. The molecule has 28 heavy (non-hydrogen) atoms. The number of esters is 1. The number of ether oxygens (including phenoxy) is 2. The number of aryl methyl sites for hydroxylation is 1. The van der Waals surface area contributed by atoms with Crippen LogP contribution in [0.1, 0.15) is 43.7 Å². The van der Waals surface area contributed by atoms with E-state index in [-0.39, 0.29) is 24.0 Å². The maximum Gasteiger partial charge on any atom is 0.328 e. The second kappa shape index (κ2) is 7.38. The van der Waals surface area contributed by atoms with Crippen molar-refractivity contribution >= 4 is 22.7 Å². The minimum Gasteiger partial charge on any atom is -0.459 e. The number of hydrogen-bond acceptors (Lipinski definition) is 7. The molecule has 0 aliphatic carbocycles. The van der Waals surface area contributed by atoms with Crippen LogP contribution in [0.15, 0.2) is 30.6 Å². The van der Waals surface area contributed by atoms with Crippen molar-refractivity contribution in [2.45, 2.75) is 46.8 Å². The number of carbonyl (C=O) groups is 2. The zero-order valence-corrected chi connectivity index (χ0v) is 16.5. The van der Waals surface area contributed by atoms with Gasteiger partial charge in [-0.25, -0.2) is 9.97 Å². The molecule has 0 N–H and O–H groups in total. The van der Waals surface area contributed by atoms with Crippen LogP contribution in [0.5, 0.6) is 11.8 Å². The fraction of sp³-hybridized carbons (Fsp3) is 0.350. The maximum absolute atomic E-state index is 12.2. The van der Waals surface area contributed by atoms with Gasteiger partial charge in [-0.05, 0) is 51.5 Å².